The molecular formula is C28H37N3O6. The molecule has 0 saturated carbocycles. The normalized spacial score (nSPS) is 24.8. The van der Waals surface area contributed by atoms with Gasteiger partial charge in [0, 0.05) is 17.9 Å². The number of nitrogens with one attached hydrogen (secondary N) is 2. The molecule has 0 spiro atoms. The minimum absolute atomic E-state index is 0.0633. The van der Waals surface area contributed by atoms with Crippen molar-refractivity contribution in [3.8, 4) is 0 Å². The van der Waals surface area contributed by atoms with Gasteiger partial charge in [-0.2, -0.15) is 0 Å². The van der Waals surface area contributed by atoms with Gasteiger partial charge in [0.25, 0.3) is 0 Å². The number of amides is 1. The second-order valence-electron chi connectivity index (χ2n) is 9.94. The number of hydrogen-bond acceptors (Lipinski definition) is 6. The predicted molar refractivity (Wildman–Crippen MR) is 139 cm³/mol. The molecule has 0 bridgehead atoms. The van der Waals surface area contributed by atoms with Crippen LogP contribution in [0.4, 0.5) is 0 Å². The van der Waals surface area contributed by atoms with E-state index in [9.17, 15) is 19.7 Å². The van der Waals surface area contributed by atoms with Gasteiger partial charge in [0.2, 0.25) is 11.9 Å². The Bertz CT molecular complexity index is 1050. The van der Waals surface area contributed by atoms with Gasteiger partial charge in [-0.3, -0.25) is 25.0 Å². The van der Waals surface area contributed by atoms with Crippen LogP contribution in [0.25, 0.3) is 0 Å². The molecule has 3 N–H and O–H groups in total. The van der Waals surface area contributed by atoms with Crippen molar-refractivity contribution in [2.75, 3.05) is 6.54 Å². The average molecular weight is 512 g/mol. The third-order valence-corrected chi connectivity index (χ3v) is 7.40. The van der Waals surface area contributed by atoms with E-state index in [0.29, 0.717) is 6.42 Å². The van der Waals surface area contributed by atoms with Crippen LogP contribution in [0.5, 0.6) is 0 Å². The van der Waals surface area contributed by atoms with Crippen LogP contribution in [-0.2, 0) is 20.9 Å². The summed E-state index contributed by atoms with van der Waals surface area (Å²) in [5.41, 5.74) is 0.341. The number of benzene rings is 2. The van der Waals surface area contributed by atoms with E-state index in [0.717, 1.165) is 11.1 Å². The van der Waals surface area contributed by atoms with Crippen molar-refractivity contribution in [3.05, 3.63) is 81.9 Å². The van der Waals surface area contributed by atoms with E-state index in [-0.39, 0.29) is 36.8 Å². The Labute approximate surface area is 217 Å². The number of nitrogens with zero attached hydrogens (tertiary/aromatic N) is 1. The third-order valence-electron chi connectivity index (χ3n) is 7.40. The highest BCUT2D eigenvalue weighted by Gasteiger charge is 2.64. The van der Waals surface area contributed by atoms with Crippen molar-refractivity contribution >= 4 is 11.9 Å². The van der Waals surface area contributed by atoms with E-state index in [1.165, 1.54) is 0 Å². The molecule has 0 unspecified atom stereocenters. The first kappa shape index (κ1) is 28.3. The van der Waals surface area contributed by atoms with Gasteiger partial charge in [-0.05, 0) is 30.4 Å². The number of rotatable bonds is 13. The van der Waals surface area contributed by atoms with Crippen LogP contribution >= 0.6 is 0 Å². The molecule has 6 atom stereocenters. The lowest BCUT2D eigenvalue weighted by Gasteiger charge is -2.37. The molecule has 9 nitrogen and oxygen atoms in total. The second kappa shape index (κ2) is 12.8. The van der Waals surface area contributed by atoms with Crippen molar-refractivity contribution < 1.29 is 24.4 Å². The Kier molecular flexibility index (Phi) is 9.77. The molecule has 0 radical (unpaired) electrons. The Morgan fingerprint density at radius 1 is 1.16 bits per heavy atom. The van der Waals surface area contributed by atoms with Crippen LogP contribution in [0, 0.1) is 22.0 Å². The molecule has 37 heavy (non-hydrogen) atoms. The lowest BCUT2D eigenvalue weighted by molar-refractivity contribution is -0.536. The number of carboxylic acid groups (broad SMARTS) is 1. The van der Waals surface area contributed by atoms with Crippen LogP contribution < -0.4 is 10.6 Å². The van der Waals surface area contributed by atoms with Crippen molar-refractivity contribution in [3.63, 3.8) is 0 Å². The topological polar surface area (TPSA) is 131 Å². The van der Waals surface area contributed by atoms with Crippen molar-refractivity contribution in [1.82, 2.24) is 10.6 Å². The Balaban J connectivity index is 2.00. The zero-order valence-corrected chi connectivity index (χ0v) is 21.6. The summed E-state index contributed by atoms with van der Waals surface area (Å²) >= 11 is 0. The average Bonchev–Trinajstić information content (AvgIpc) is 3.22. The fourth-order valence-corrected chi connectivity index (χ4v) is 5.23. The molecule has 0 aliphatic carbocycles. The maximum atomic E-state index is 13.7. The van der Waals surface area contributed by atoms with Gasteiger partial charge in [-0.15, -0.1) is 0 Å². The molecule has 2 aromatic rings. The lowest BCUT2D eigenvalue weighted by atomic mass is 9.74. The zero-order valence-electron chi connectivity index (χ0n) is 21.6. The van der Waals surface area contributed by atoms with E-state index >= 15 is 0 Å². The fourth-order valence-electron chi connectivity index (χ4n) is 5.23. The summed E-state index contributed by atoms with van der Waals surface area (Å²) in [7, 11) is 0. The molecule has 3 rings (SSSR count). The minimum atomic E-state index is -1.33. The maximum Gasteiger partial charge on any atom is 0.303 e. The molecule has 1 fully saturated rings. The predicted octanol–water partition coefficient (Wildman–Crippen LogP) is 3.96. The van der Waals surface area contributed by atoms with Crippen molar-refractivity contribution in [2.45, 2.75) is 70.4 Å². The first-order valence-electron chi connectivity index (χ1n) is 12.8. The van der Waals surface area contributed by atoms with Crippen LogP contribution in [0.2, 0.25) is 0 Å². The molecule has 1 heterocycles. The highest BCUT2D eigenvalue weighted by Crippen LogP contribution is 2.45. The summed E-state index contributed by atoms with van der Waals surface area (Å²) < 4.78 is 6.43. The van der Waals surface area contributed by atoms with E-state index in [4.69, 9.17) is 9.84 Å². The summed E-state index contributed by atoms with van der Waals surface area (Å²) in [6.07, 6.45) is 0.319. The smallest absolute Gasteiger partial charge is 0.303 e. The number of carbonyl (C=O) groups excluding carboxylic acids is 1. The van der Waals surface area contributed by atoms with E-state index in [1.54, 1.807) is 6.92 Å². The summed E-state index contributed by atoms with van der Waals surface area (Å²) in [5.74, 6) is -2.19. The Hall–Kier alpha value is -3.30. The number of carbonyl (C=O) groups is 2. The SMILES string of the molecule is CC[C@H](C)[C@H](OCc1ccccc1)[C@H]1[C@H]([N+](=O)[O-])[C@H](c2ccccc2)N[C@]1(C)C(=O)NCCCC(=O)O. The van der Waals surface area contributed by atoms with Crippen molar-refractivity contribution in [2.24, 2.45) is 11.8 Å². The van der Waals surface area contributed by atoms with Gasteiger partial charge in [0.1, 0.15) is 11.6 Å². The lowest BCUT2D eigenvalue weighted by Crippen LogP contribution is -2.60. The summed E-state index contributed by atoms with van der Waals surface area (Å²) in [6, 6.07) is 16.9. The summed E-state index contributed by atoms with van der Waals surface area (Å²) in [6.45, 7) is 6.12. The molecule has 2 aromatic carbocycles. The molecule has 1 aliphatic rings. The Morgan fingerprint density at radius 2 is 1.78 bits per heavy atom. The van der Waals surface area contributed by atoms with Gasteiger partial charge >= 0.3 is 5.97 Å². The van der Waals surface area contributed by atoms with Crippen LogP contribution in [0.15, 0.2) is 60.7 Å². The first-order chi connectivity index (χ1) is 17.7. The van der Waals surface area contributed by atoms with Gasteiger partial charge in [-0.1, -0.05) is 80.9 Å². The molecule has 1 aliphatic heterocycles. The number of aliphatic carboxylic acids is 1. The molecule has 0 aromatic heterocycles. The highest BCUT2D eigenvalue weighted by molar-refractivity contribution is 5.87. The van der Waals surface area contributed by atoms with E-state index in [2.05, 4.69) is 10.6 Å². The molecular weight excluding hydrogens is 474 g/mol. The summed E-state index contributed by atoms with van der Waals surface area (Å²) in [4.78, 5) is 36.9. The van der Waals surface area contributed by atoms with Gasteiger partial charge < -0.3 is 15.2 Å². The molecule has 9 heteroatoms. The number of nitro groups is 1. The summed E-state index contributed by atoms with van der Waals surface area (Å²) in [5, 5.41) is 27.7. The number of ether oxygens (including phenoxy) is 1. The third kappa shape index (κ3) is 6.72. The fraction of sp³-hybridized carbons (Fsp3) is 0.500. The van der Waals surface area contributed by atoms with Gasteiger partial charge in [-0.25, -0.2) is 0 Å². The second-order valence-corrected chi connectivity index (χ2v) is 9.94. The minimum Gasteiger partial charge on any atom is -0.481 e. The number of carboxylic acids is 1. The monoisotopic (exact) mass is 511 g/mol. The maximum absolute atomic E-state index is 13.7. The van der Waals surface area contributed by atoms with Gasteiger partial charge in [0.05, 0.1) is 18.6 Å². The standard InChI is InChI=1S/C28H37N3O6/c1-4-19(2)26(37-18-20-12-7-5-8-13-20)23-25(31(35)36)24(21-14-9-6-10-15-21)30-28(23,3)27(34)29-17-11-16-22(32)33/h5-10,12-15,19,23-26,30H,4,11,16-18H2,1-3H3,(H,29,34)(H,32,33)/t19-,23+,24-,25-,26-,28-/m0/s1. The van der Waals surface area contributed by atoms with Gasteiger partial charge in [0.15, 0.2) is 0 Å². The Morgan fingerprint density at radius 3 is 2.35 bits per heavy atom. The molecule has 1 saturated heterocycles. The molecule has 200 valence electrons. The van der Waals surface area contributed by atoms with Crippen LogP contribution in [0.1, 0.15) is 57.2 Å². The van der Waals surface area contributed by atoms with E-state index in [1.807, 2.05) is 74.5 Å². The number of hydrogen-bond donors (Lipinski definition) is 3. The molecule has 1 amide bonds. The largest absolute Gasteiger partial charge is 0.481 e. The van der Waals surface area contributed by atoms with Crippen LogP contribution in [0.3, 0.4) is 0 Å². The zero-order chi connectivity index (χ0) is 27.0. The van der Waals surface area contributed by atoms with Crippen molar-refractivity contribution in [1.29, 1.82) is 0 Å². The quantitative estimate of drug-likeness (QED) is 0.211. The highest BCUT2D eigenvalue weighted by atomic mass is 16.6. The first-order valence-corrected chi connectivity index (χ1v) is 12.8. The van der Waals surface area contributed by atoms with Crippen LogP contribution in [-0.4, -0.2) is 46.1 Å². The van der Waals surface area contributed by atoms with E-state index < -0.39 is 41.5 Å².